The van der Waals surface area contributed by atoms with Crippen LogP contribution in [0.5, 0.6) is 0 Å². The summed E-state index contributed by atoms with van der Waals surface area (Å²) in [6.07, 6.45) is 8.04. The number of rotatable bonds is 5. The first-order chi connectivity index (χ1) is 37.4. The molecule has 9 heteroatoms. The average Bonchev–Trinajstić information content (AvgIpc) is 4.32. The van der Waals surface area contributed by atoms with E-state index in [1.54, 1.807) is 0 Å². The Morgan fingerprint density at radius 1 is 0.370 bits per heavy atom. The van der Waals surface area contributed by atoms with Gasteiger partial charge in [0.2, 0.25) is 0 Å². The van der Waals surface area contributed by atoms with Gasteiger partial charge in [-0.3, -0.25) is 19.9 Å². The van der Waals surface area contributed by atoms with Crippen LogP contribution in [0.2, 0.25) is 0 Å². The smallest absolute Gasteiger partial charge is 2.00 e. The van der Waals surface area contributed by atoms with E-state index >= 15 is 0 Å². The third-order valence-electron chi connectivity index (χ3n) is 15.3. The van der Waals surface area contributed by atoms with Crippen molar-refractivity contribution < 1.29 is 34.7 Å². The van der Waals surface area contributed by atoms with Crippen LogP contribution < -0.4 is 9.97 Å². The van der Waals surface area contributed by atoms with Crippen LogP contribution in [0.1, 0.15) is 192 Å². The molecule has 7 heterocycles. The van der Waals surface area contributed by atoms with Gasteiger partial charge in [-0.05, 0) is 135 Å². The van der Waals surface area contributed by atoms with Crippen LogP contribution in [0.15, 0.2) is 128 Å². The fraction of sp³-hybridized carbons (Fsp3) is 0.333. The fourth-order valence-corrected chi connectivity index (χ4v) is 10.3. The summed E-state index contributed by atoms with van der Waals surface area (Å²) in [5.74, 6) is 0. The van der Waals surface area contributed by atoms with Crippen molar-refractivity contribution in [3.05, 3.63) is 201 Å². The van der Waals surface area contributed by atoms with Gasteiger partial charge in [-0.15, -0.1) is 28.1 Å². The van der Waals surface area contributed by atoms with Crippen LogP contribution in [0.25, 0.3) is 78.7 Å². The van der Waals surface area contributed by atoms with Crippen molar-refractivity contribution in [2.45, 2.75) is 157 Å². The van der Waals surface area contributed by atoms with E-state index in [1.165, 1.54) is 33.4 Å². The molecule has 2 aliphatic rings. The molecule has 8 bridgehead atoms. The topological polar surface area (TPSA) is 79.8 Å². The molecule has 2 aliphatic heterocycles. The van der Waals surface area contributed by atoms with Gasteiger partial charge in [0.1, 0.15) is 0 Å². The molecule has 0 amide bonds. The van der Waals surface area contributed by atoms with Crippen LogP contribution in [0.3, 0.4) is 0 Å². The molecule has 8 aromatic rings. The normalized spacial score (nSPS) is 13.2. The number of benzene rings is 3. The average molecular weight is 1230 g/mol. The van der Waals surface area contributed by atoms with E-state index in [2.05, 4.69) is 249 Å². The van der Waals surface area contributed by atoms with Crippen LogP contribution in [-0.4, -0.2) is 19.9 Å². The number of pyridine rings is 2. The van der Waals surface area contributed by atoms with Gasteiger partial charge in [0.05, 0.1) is 11.4 Å². The summed E-state index contributed by atoms with van der Waals surface area (Å²) in [7, 11) is 4.49. The second-order valence-corrected chi connectivity index (χ2v) is 27.8. The predicted molar refractivity (Wildman–Crippen MR) is 335 cm³/mol. The molecule has 422 valence electrons. The molecular weight excluding hydrogens is 1150 g/mol. The van der Waals surface area contributed by atoms with E-state index in [0.29, 0.717) is 11.4 Å². The van der Waals surface area contributed by atoms with Gasteiger partial charge in [0.15, 0.2) is 0 Å². The second-order valence-electron chi connectivity index (χ2n) is 27.8. The van der Waals surface area contributed by atoms with Gasteiger partial charge in [0, 0.05) is 23.8 Å². The molecular formula is C72H77ClN6NiPd. The van der Waals surface area contributed by atoms with Crippen molar-refractivity contribution in [3.8, 4) is 33.4 Å². The SMILES string of the molecule is CC(C)(C)c1cc(-c2c3nc([c-]c4nc(c(-c5cc(C(C)(C)C)cc(C(C)(C)C)c5)c5ccc([n-]5)c(-c5cc(C(C)(C)C)cc(C(C)(C)C)c5)c5ccc2[n-]5)C=C4c2ccccn2)C(c2ccccn2)=C3)cc(C(C)(C)C)c1.[Cl][Pd+].[Ni+2]. The summed E-state index contributed by atoms with van der Waals surface area (Å²) in [5.41, 5.74) is 22.0. The molecule has 10 rings (SSSR count). The summed E-state index contributed by atoms with van der Waals surface area (Å²) in [5, 5.41) is 0. The molecule has 5 aromatic heterocycles. The van der Waals surface area contributed by atoms with Gasteiger partial charge in [-0.1, -0.05) is 239 Å². The number of nitrogens with zero attached hydrogens (tertiary/aromatic N) is 6. The first-order valence-corrected chi connectivity index (χ1v) is 29.9. The van der Waals surface area contributed by atoms with Gasteiger partial charge in [-0.2, -0.15) is 0 Å². The van der Waals surface area contributed by atoms with Gasteiger partial charge in [0.25, 0.3) is 0 Å². The third-order valence-corrected chi connectivity index (χ3v) is 15.3. The fourth-order valence-electron chi connectivity index (χ4n) is 10.3. The molecule has 0 unspecified atom stereocenters. The van der Waals surface area contributed by atoms with Crippen LogP contribution in [-0.2, 0) is 67.2 Å². The zero-order chi connectivity index (χ0) is 58.1. The summed E-state index contributed by atoms with van der Waals surface area (Å²) >= 11 is 2.22. The molecule has 0 saturated heterocycles. The third kappa shape index (κ3) is 13.0. The zero-order valence-corrected chi connectivity index (χ0v) is 53.8. The Morgan fingerprint density at radius 3 is 0.901 bits per heavy atom. The monoisotopic (exact) mass is 1220 g/mol. The maximum atomic E-state index is 5.79. The molecule has 0 radical (unpaired) electrons. The molecule has 3 aromatic carbocycles. The van der Waals surface area contributed by atoms with Crippen molar-refractivity contribution in [1.82, 2.24) is 29.9 Å². The molecule has 0 aliphatic carbocycles. The molecule has 0 saturated carbocycles. The molecule has 0 N–H and O–H groups in total. The van der Waals surface area contributed by atoms with E-state index in [0.717, 1.165) is 89.4 Å². The van der Waals surface area contributed by atoms with Crippen molar-refractivity contribution in [2.75, 3.05) is 0 Å². The molecule has 0 fully saturated rings. The van der Waals surface area contributed by atoms with Crippen LogP contribution >= 0.6 is 9.53 Å². The van der Waals surface area contributed by atoms with E-state index < -0.39 is 0 Å². The summed E-state index contributed by atoms with van der Waals surface area (Å²) in [6, 6.07) is 45.9. The van der Waals surface area contributed by atoms with Gasteiger partial charge >= 0.3 is 44.2 Å². The molecule has 0 atom stereocenters. The Morgan fingerprint density at radius 2 is 0.642 bits per heavy atom. The number of hydrogen-bond donors (Lipinski definition) is 0. The molecule has 0 spiro atoms. The standard InChI is InChI=1S/C72H77N6.ClH.Ni.Pd/c1-67(2,3)46-31-43(32-47(37-46)68(4,5)6)64-56-25-27-58(75-56)65(44-33-48(69(7,8)9)38-49(34-44)70(10,11)12)62-40-52(54-23-19-21-29-73-54)60(77-62)42-61-53(55-24-20-22-30-74-55)41-63(78-61)66(59-28-26-57(64)76-59)45-35-50(71(13,14)15)39-51(36-45)72(16,17)18;;;/h19-41H,1-18H3;1H;;/q-3;;2*+2/p-1. The van der Waals surface area contributed by atoms with Crippen LogP contribution in [0.4, 0.5) is 0 Å². The minimum Gasteiger partial charge on any atom is 2.00 e. The van der Waals surface area contributed by atoms with Crippen molar-refractivity contribution in [3.63, 3.8) is 0 Å². The van der Waals surface area contributed by atoms with Crippen LogP contribution in [0, 0.1) is 6.07 Å². The Kier molecular flexibility index (Phi) is 17.1. The minimum atomic E-state index is -0.142. The number of fused-ring (bicyclic) bond motifs is 8. The van der Waals surface area contributed by atoms with E-state index in [9.17, 15) is 0 Å². The number of halogens is 1. The summed E-state index contributed by atoms with van der Waals surface area (Å²) in [4.78, 5) is 32.8. The van der Waals surface area contributed by atoms with E-state index in [-0.39, 0.29) is 49.0 Å². The summed E-state index contributed by atoms with van der Waals surface area (Å²) < 4.78 is 0. The first kappa shape index (κ1) is 61.1. The minimum absolute atomic E-state index is 0. The predicted octanol–water partition coefficient (Wildman–Crippen LogP) is 18.8. The largest absolute Gasteiger partial charge is 2.00 e. The Hall–Kier alpha value is -5.99. The van der Waals surface area contributed by atoms with Gasteiger partial charge in [-0.25, -0.2) is 0 Å². The zero-order valence-electron chi connectivity index (χ0n) is 50.5. The molecule has 6 nitrogen and oxygen atoms in total. The van der Waals surface area contributed by atoms with Crippen molar-refractivity contribution in [1.29, 1.82) is 0 Å². The summed E-state index contributed by atoms with van der Waals surface area (Å²) in [6.45, 7) is 41.3. The number of hydrogen-bond acceptors (Lipinski definition) is 4. The maximum absolute atomic E-state index is 5.79. The van der Waals surface area contributed by atoms with E-state index in [1.807, 2.05) is 48.8 Å². The van der Waals surface area contributed by atoms with Crippen molar-refractivity contribution in [2.24, 2.45) is 0 Å². The Bertz CT molecular complexity index is 3580. The first-order valence-electron chi connectivity index (χ1n) is 27.9. The van der Waals surface area contributed by atoms with Gasteiger partial charge < -0.3 is 9.97 Å². The maximum Gasteiger partial charge on any atom is 2.00 e. The molecule has 81 heavy (non-hydrogen) atoms. The second kappa shape index (κ2) is 22.6. The van der Waals surface area contributed by atoms with Crippen molar-refractivity contribution >= 4 is 54.9 Å². The Labute approximate surface area is 507 Å². The van der Waals surface area contributed by atoms with E-state index in [4.69, 9.17) is 29.9 Å². The Balaban J connectivity index is 0.00000284. The quantitative estimate of drug-likeness (QED) is 0.126. The number of aromatic nitrogens is 6.